The summed E-state index contributed by atoms with van der Waals surface area (Å²) < 4.78 is 0. The molecule has 0 aliphatic heterocycles. The van der Waals surface area contributed by atoms with Gasteiger partial charge in [-0.05, 0) is 47.7 Å². The van der Waals surface area contributed by atoms with Gasteiger partial charge in [-0.3, -0.25) is 4.79 Å². The first-order valence-corrected chi connectivity index (χ1v) is 9.88. The quantitative estimate of drug-likeness (QED) is 0.526. The van der Waals surface area contributed by atoms with E-state index in [0.717, 1.165) is 12.1 Å². The molecular weight excluding hydrogens is 344 g/mol. The molecule has 0 radical (unpaired) electrons. The molecule has 0 fully saturated rings. The highest BCUT2D eigenvalue weighted by Crippen LogP contribution is 2.25. The third kappa shape index (κ3) is 5.46. The zero-order chi connectivity index (χ0) is 19.8. The Morgan fingerprint density at radius 2 is 1.46 bits per heavy atom. The largest absolute Gasteiger partial charge is 0.378 e. The summed E-state index contributed by atoms with van der Waals surface area (Å²) in [5.74, 6) is 0.455. The number of amides is 1. The maximum absolute atomic E-state index is 12.3. The molecule has 0 aliphatic carbocycles. The molecule has 0 aliphatic rings. The van der Waals surface area contributed by atoms with Gasteiger partial charge < -0.3 is 10.6 Å². The van der Waals surface area contributed by atoms with Crippen LogP contribution in [0.4, 0.5) is 5.69 Å². The average molecular weight is 373 g/mol. The normalized spacial score (nSPS) is 11.8. The molecule has 3 nitrogen and oxygen atoms in total. The van der Waals surface area contributed by atoms with Gasteiger partial charge in [0.15, 0.2) is 0 Å². The van der Waals surface area contributed by atoms with E-state index in [1.807, 2.05) is 36.4 Å². The highest BCUT2D eigenvalue weighted by Gasteiger charge is 2.13. The van der Waals surface area contributed by atoms with E-state index in [1.54, 1.807) is 0 Å². The van der Waals surface area contributed by atoms with Crippen molar-refractivity contribution in [3.8, 4) is 0 Å². The van der Waals surface area contributed by atoms with Crippen molar-refractivity contribution in [1.29, 1.82) is 0 Å². The number of benzene rings is 3. The molecule has 28 heavy (non-hydrogen) atoms. The number of anilines is 1. The van der Waals surface area contributed by atoms with Crippen LogP contribution in [-0.4, -0.2) is 12.5 Å². The zero-order valence-corrected chi connectivity index (χ0v) is 16.6. The SMILES string of the molecule is CC(C)c1cccc(NC(CCNC(=O)c2ccccc2)c2ccccc2)c1. The number of hydrogen-bond donors (Lipinski definition) is 2. The molecule has 0 saturated carbocycles. The maximum atomic E-state index is 12.3. The highest BCUT2D eigenvalue weighted by atomic mass is 16.1. The molecule has 0 aromatic heterocycles. The number of carbonyl (C=O) groups is 1. The Hall–Kier alpha value is -3.07. The van der Waals surface area contributed by atoms with E-state index in [0.29, 0.717) is 18.0 Å². The predicted octanol–water partition coefficient (Wildman–Crippen LogP) is 5.78. The summed E-state index contributed by atoms with van der Waals surface area (Å²) in [4.78, 5) is 12.3. The molecule has 144 valence electrons. The fourth-order valence-corrected chi connectivity index (χ4v) is 3.22. The Morgan fingerprint density at radius 1 is 0.821 bits per heavy atom. The van der Waals surface area contributed by atoms with Crippen LogP contribution in [-0.2, 0) is 0 Å². The Kier molecular flexibility index (Phi) is 6.85. The Bertz CT molecular complexity index is 875. The second-order valence-corrected chi connectivity index (χ2v) is 7.30. The summed E-state index contributed by atoms with van der Waals surface area (Å²) in [6, 6.07) is 28.4. The maximum Gasteiger partial charge on any atom is 0.251 e. The minimum absolute atomic E-state index is 0.0331. The van der Waals surface area contributed by atoms with E-state index in [-0.39, 0.29) is 11.9 Å². The van der Waals surface area contributed by atoms with E-state index >= 15 is 0 Å². The predicted molar refractivity (Wildman–Crippen MR) is 117 cm³/mol. The lowest BCUT2D eigenvalue weighted by Crippen LogP contribution is -2.27. The van der Waals surface area contributed by atoms with Gasteiger partial charge in [-0.1, -0.05) is 74.5 Å². The van der Waals surface area contributed by atoms with Crippen molar-refractivity contribution in [2.24, 2.45) is 0 Å². The number of nitrogens with one attached hydrogen (secondary N) is 2. The van der Waals surface area contributed by atoms with Crippen LogP contribution >= 0.6 is 0 Å². The van der Waals surface area contributed by atoms with E-state index in [9.17, 15) is 4.79 Å². The van der Waals surface area contributed by atoms with Crippen LogP contribution in [0.15, 0.2) is 84.9 Å². The van der Waals surface area contributed by atoms with Crippen LogP contribution in [0.2, 0.25) is 0 Å². The van der Waals surface area contributed by atoms with Crippen LogP contribution < -0.4 is 10.6 Å². The molecule has 3 aromatic carbocycles. The van der Waals surface area contributed by atoms with Crippen LogP contribution in [0.5, 0.6) is 0 Å². The van der Waals surface area contributed by atoms with E-state index < -0.39 is 0 Å². The summed E-state index contributed by atoms with van der Waals surface area (Å²) in [5, 5.41) is 6.69. The molecule has 1 amide bonds. The van der Waals surface area contributed by atoms with Crippen LogP contribution in [0.1, 0.15) is 53.7 Å². The summed E-state index contributed by atoms with van der Waals surface area (Å²) in [6.07, 6.45) is 0.800. The first kappa shape index (κ1) is 19.7. The van der Waals surface area contributed by atoms with Crippen molar-refractivity contribution in [2.75, 3.05) is 11.9 Å². The number of carbonyl (C=O) groups excluding carboxylic acids is 1. The monoisotopic (exact) mass is 372 g/mol. The minimum Gasteiger partial charge on any atom is -0.378 e. The van der Waals surface area contributed by atoms with Crippen molar-refractivity contribution in [2.45, 2.75) is 32.2 Å². The van der Waals surface area contributed by atoms with E-state index in [4.69, 9.17) is 0 Å². The van der Waals surface area contributed by atoms with Gasteiger partial charge in [-0.15, -0.1) is 0 Å². The summed E-state index contributed by atoms with van der Waals surface area (Å²) in [5.41, 5.74) is 4.33. The molecule has 1 atom stereocenters. The first-order chi connectivity index (χ1) is 13.6. The average Bonchev–Trinajstić information content (AvgIpc) is 2.74. The molecule has 3 aromatic rings. The van der Waals surface area contributed by atoms with E-state index in [2.05, 4.69) is 73.0 Å². The third-order valence-corrected chi connectivity index (χ3v) is 4.85. The molecule has 0 heterocycles. The van der Waals surface area contributed by atoms with Gasteiger partial charge in [0.1, 0.15) is 0 Å². The number of hydrogen-bond acceptors (Lipinski definition) is 2. The summed E-state index contributed by atoms with van der Waals surface area (Å²) in [6.45, 7) is 5.00. The van der Waals surface area contributed by atoms with Gasteiger partial charge in [0.05, 0.1) is 6.04 Å². The zero-order valence-electron chi connectivity index (χ0n) is 16.6. The minimum atomic E-state index is -0.0331. The Balaban J connectivity index is 1.68. The second kappa shape index (κ2) is 9.75. The lowest BCUT2D eigenvalue weighted by atomic mass is 10.0. The van der Waals surface area contributed by atoms with Crippen molar-refractivity contribution in [3.05, 3.63) is 102 Å². The molecular formula is C25H28N2O. The topological polar surface area (TPSA) is 41.1 Å². The van der Waals surface area contributed by atoms with Crippen molar-refractivity contribution < 1.29 is 4.79 Å². The standard InChI is InChI=1S/C25H28N2O/c1-19(2)22-14-9-15-23(18-22)27-24(20-10-5-3-6-11-20)16-17-26-25(28)21-12-7-4-8-13-21/h3-15,18-19,24,27H,16-17H2,1-2H3,(H,26,28). The Labute approximate surface area is 167 Å². The van der Waals surface area contributed by atoms with Gasteiger partial charge in [0.25, 0.3) is 5.91 Å². The van der Waals surface area contributed by atoms with Crippen LogP contribution in [0.25, 0.3) is 0 Å². The third-order valence-electron chi connectivity index (χ3n) is 4.85. The lowest BCUT2D eigenvalue weighted by molar-refractivity contribution is 0.0952. The molecule has 3 heteroatoms. The molecule has 0 spiro atoms. The summed E-state index contributed by atoms with van der Waals surface area (Å²) in [7, 11) is 0. The van der Waals surface area contributed by atoms with Crippen molar-refractivity contribution >= 4 is 11.6 Å². The lowest BCUT2D eigenvalue weighted by Gasteiger charge is -2.21. The molecule has 1 unspecified atom stereocenters. The van der Waals surface area contributed by atoms with Gasteiger partial charge >= 0.3 is 0 Å². The molecule has 0 bridgehead atoms. The van der Waals surface area contributed by atoms with Crippen LogP contribution in [0, 0.1) is 0 Å². The van der Waals surface area contributed by atoms with Crippen LogP contribution in [0.3, 0.4) is 0 Å². The fraction of sp³-hybridized carbons (Fsp3) is 0.240. The molecule has 2 N–H and O–H groups in total. The molecule has 3 rings (SSSR count). The van der Waals surface area contributed by atoms with Gasteiger partial charge in [0.2, 0.25) is 0 Å². The highest BCUT2D eigenvalue weighted by molar-refractivity contribution is 5.94. The van der Waals surface area contributed by atoms with Gasteiger partial charge in [0, 0.05) is 17.8 Å². The fourth-order valence-electron chi connectivity index (χ4n) is 3.22. The Morgan fingerprint density at radius 3 is 2.14 bits per heavy atom. The van der Waals surface area contributed by atoms with E-state index in [1.165, 1.54) is 11.1 Å². The van der Waals surface area contributed by atoms with Gasteiger partial charge in [-0.25, -0.2) is 0 Å². The molecule has 0 saturated heterocycles. The smallest absolute Gasteiger partial charge is 0.251 e. The second-order valence-electron chi connectivity index (χ2n) is 7.30. The van der Waals surface area contributed by atoms with Crippen molar-refractivity contribution in [1.82, 2.24) is 5.32 Å². The van der Waals surface area contributed by atoms with Crippen molar-refractivity contribution in [3.63, 3.8) is 0 Å². The number of rotatable bonds is 8. The van der Waals surface area contributed by atoms with Gasteiger partial charge in [-0.2, -0.15) is 0 Å². The summed E-state index contributed by atoms with van der Waals surface area (Å²) >= 11 is 0. The first-order valence-electron chi connectivity index (χ1n) is 9.88.